The van der Waals surface area contributed by atoms with Crippen molar-refractivity contribution in [2.45, 2.75) is 25.9 Å². The minimum absolute atomic E-state index is 0.0500. The van der Waals surface area contributed by atoms with Gasteiger partial charge in [-0.15, -0.1) is 0 Å². The van der Waals surface area contributed by atoms with Gasteiger partial charge in [0, 0.05) is 36.9 Å². The molecule has 9 nitrogen and oxygen atoms in total. The van der Waals surface area contributed by atoms with E-state index in [9.17, 15) is 24.5 Å². The molecule has 2 aromatic rings. The standard InChI is InChI=1S/C21H19N3O6/c1-12-21(27)22(2)17-10-14(3-7-19(17)30-12)18(25)11-23-16-6-5-15(24(28)29)9-13(16)4-8-20(23)26/h3,5-7,9-10,12H,4,8,11H2,1-2H3. The third-order valence-corrected chi connectivity index (χ3v) is 5.40. The molecule has 0 radical (unpaired) electrons. The van der Waals surface area contributed by atoms with Crippen molar-refractivity contribution in [2.75, 3.05) is 23.4 Å². The molecule has 0 bridgehead atoms. The second-order valence-electron chi connectivity index (χ2n) is 7.31. The molecule has 0 spiro atoms. The van der Waals surface area contributed by atoms with Gasteiger partial charge in [-0.1, -0.05) is 0 Å². The zero-order chi connectivity index (χ0) is 21.6. The van der Waals surface area contributed by atoms with E-state index >= 15 is 0 Å². The Balaban J connectivity index is 1.61. The molecule has 2 aromatic carbocycles. The van der Waals surface area contributed by atoms with Crippen molar-refractivity contribution in [3.63, 3.8) is 0 Å². The molecule has 0 N–H and O–H groups in total. The van der Waals surface area contributed by atoms with Crippen LogP contribution in [0.2, 0.25) is 0 Å². The average Bonchev–Trinajstić information content (AvgIpc) is 2.73. The first kappa shape index (κ1) is 19.6. The summed E-state index contributed by atoms with van der Waals surface area (Å²) in [5.41, 5.74) is 1.95. The van der Waals surface area contributed by atoms with Crippen LogP contribution in [-0.4, -0.2) is 42.2 Å². The molecule has 154 valence electrons. The fraction of sp³-hybridized carbons (Fsp3) is 0.286. The molecule has 0 aromatic heterocycles. The molecule has 0 aliphatic carbocycles. The van der Waals surface area contributed by atoms with E-state index in [0.717, 1.165) is 0 Å². The number of benzene rings is 2. The summed E-state index contributed by atoms with van der Waals surface area (Å²) < 4.78 is 5.57. The largest absolute Gasteiger partial charge is 0.479 e. The molecule has 9 heteroatoms. The van der Waals surface area contributed by atoms with Gasteiger partial charge in [-0.05, 0) is 43.2 Å². The second kappa shape index (κ2) is 7.25. The molecule has 2 amide bonds. The summed E-state index contributed by atoms with van der Waals surface area (Å²) in [5, 5.41) is 11.0. The minimum Gasteiger partial charge on any atom is -0.479 e. The Labute approximate surface area is 172 Å². The molecular formula is C21H19N3O6. The number of anilines is 2. The van der Waals surface area contributed by atoms with E-state index in [2.05, 4.69) is 0 Å². The fourth-order valence-corrected chi connectivity index (χ4v) is 3.75. The maximum absolute atomic E-state index is 12.9. The van der Waals surface area contributed by atoms with Crippen molar-refractivity contribution >= 4 is 34.7 Å². The Morgan fingerprint density at radius 3 is 2.67 bits per heavy atom. The predicted molar refractivity (Wildman–Crippen MR) is 108 cm³/mol. The third kappa shape index (κ3) is 3.28. The van der Waals surface area contributed by atoms with E-state index in [1.54, 1.807) is 32.2 Å². The van der Waals surface area contributed by atoms with Crippen LogP contribution >= 0.6 is 0 Å². The summed E-state index contributed by atoms with van der Waals surface area (Å²) in [6, 6.07) is 9.09. The molecule has 2 heterocycles. The van der Waals surface area contributed by atoms with Crippen LogP contribution in [-0.2, 0) is 16.0 Å². The number of nitrogens with zero attached hydrogens (tertiary/aromatic N) is 3. The van der Waals surface area contributed by atoms with Crippen molar-refractivity contribution < 1.29 is 24.0 Å². The number of likely N-dealkylation sites (N-methyl/N-ethyl adjacent to an activating group) is 1. The number of carbonyl (C=O) groups is 3. The lowest BCUT2D eigenvalue weighted by molar-refractivity contribution is -0.384. The summed E-state index contributed by atoms with van der Waals surface area (Å²) in [6.07, 6.45) is -0.0354. The number of rotatable bonds is 4. The number of carbonyl (C=O) groups excluding carboxylic acids is 3. The minimum atomic E-state index is -0.601. The van der Waals surface area contributed by atoms with E-state index in [1.807, 2.05) is 0 Å². The number of Topliss-reactive ketones (excluding diaryl/α,β-unsaturated/α-hetero) is 1. The molecule has 1 atom stereocenters. The highest BCUT2D eigenvalue weighted by Gasteiger charge is 2.31. The highest BCUT2D eigenvalue weighted by Crippen LogP contribution is 2.35. The van der Waals surface area contributed by atoms with Crippen LogP contribution in [0.5, 0.6) is 5.75 Å². The number of aryl methyl sites for hydroxylation is 1. The first-order chi connectivity index (χ1) is 14.3. The van der Waals surface area contributed by atoms with E-state index < -0.39 is 11.0 Å². The Hall–Kier alpha value is -3.75. The maximum Gasteiger partial charge on any atom is 0.269 e. The fourth-order valence-electron chi connectivity index (χ4n) is 3.75. The van der Waals surface area contributed by atoms with Gasteiger partial charge in [0.1, 0.15) is 5.75 Å². The topological polar surface area (TPSA) is 110 Å². The first-order valence-corrected chi connectivity index (χ1v) is 9.45. The maximum atomic E-state index is 12.9. The average molecular weight is 409 g/mol. The van der Waals surface area contributed by atoms with Crippen molar-refractivity contribution in [1.82, 2.24) is 0 Å². The van der Waals surface area contributed by atoms with Crippen molar-refractivity contribution in [3.05, 3.63) is 57.6 Å². The molecule has 0 saturated heterocycles. The second-order valence-corrected chi connectivity index (χ2v) is 7.31. The van der Waals surface area contributed by atoms with E-state index in [-0.39, 0.29) is 36.3 Å². The van der Waals surface area contributed by atoms with Crippen molar-refractivity contribution in [1.29, 1.82) is 0 Å². The van der Waals surface area contributed by atoms with Gasteiger partial charge >= 0.3 is 0 Å². The van der Waals surface area contributed by atoms with Crippen LogP contribution in [0.25, 0.3) is 0 Å². The third-order valence-electron chi connectivity index (χ3n) is 5.40. The summed E-state index contributed by atoms with van der Waals surface area (Å²) in [5.74, 6) is -0.231. The monoisotopic (exact) mass is 409 g/mol. The van der Waals surface area contributed by atoms with Gasteiger partial charge in [0.15, 0.2) is 11.9 Å². The SMILES string of the molecule is CC1Oc2ccc(C(=O)CN3C(=O)CCc4cc([N+](=O)[O-])ccc43)cc2N(C)C1=O. The number of hydrogen-bond acceptors (Lipinski definition) is 6. The normalized spacial score (nSPS) is 17.9. The zero-order valence-electron chi connectivity index (χ0n) is 16.5. The van der Waals surface area contributed by atoms with Crippen LogP contribution in [0.15, 0.2) is 36.4 Å². The number of non-ortho nitro benzene ring substituents is 1. The van der Waals surface area contributed by atoms with Gasteiger partial charge in [0.2, 0.25) is 5.91 Å². The van der Waals surface area contributed by atoms with E-state index in [0.29, 0.717) is 34.7 Å². The predicted octanol–water partition coefficient (Wildman–Crippen LogP) is 2.50. The molecule has 30 heavy (non-hydrogen) atoms. The quantitative estimate of drug-likeness (QED) is 0.436. The van der Waals surface area contributed by atoms with Crippen molar-refractivity contribution in [3.8, 4) is 5.75 Å². The van der Waals surface area contributed by atoms with Gasteiger partial charge in [-0.25, -0.2) is 0 Å². The molecule has 4 rings (SSSR count). The van der Waals surface area contributed by atoms with E-state index in [4.69, 9.17) is 4.74 Å². The number of ketones is 1. The first-order valence-electron chi connectivity index (χ1n) is 9.45. The Kier molecular flexibility index (Phi) is 4.73. The smallest absolute Gasteiger partial charge is 0.269 e. The van der Waals surface area contributed by atoms with Gasteiger partial charge in [0.05, 0.1) is 17.2 Å². The van der Waals surface area contributed by atoms with Crippen LogP contribution in [0, 0.1) is 10.1 Å². The number of nitro benzene ring substituents is 1. The lowest BCUT2D eigenvalue weighted by Crippen LogP contribution is -2.42. The number of nitro groups is 1. The summed E-state index contributed by atoms with van der Waals surface area (Å²) in [4.78, 5) is 50.9. The summed E-state index contributed by atoms with van der Waals surface area (Å²) in [7, 11) is 1.62. The van der Waals surface area contributed by atoms with Crippen LogP contribution in [0.1, 0.15) is 29.3 Å². The Bertz CT molecular complexity index is 1100. The number of fused-ring (bicyclic) bond motifs is 2. The van der Waals surface area contributed by atoms with Gasteiger partial charge in [-0.2, -0.15) is 0 Å². The highest BCUT2D eigenvalue weighted by atomic mass is 16.6. The molecule has 0 saturated carbocycles. The number of amides is 2. The van der Waals surface area contributed by atoms with Gasteiger partial charge in [0.25, 0.3) is 11.6 Å². The van der Waals surface area contributed by atoms with Crippen LogP contribution in [0.4, 0.5) is 17.1 Å². The van der Waals surface area contributed by atoms with Crippen LogP contribution in [0.3, 0.4) is 0 Å². The molecule has 1 unspecified atom stereocenters. The van der Waals surface area contributed by atoms with Crippen molar-refractivity contribution in [2.24, 2.45) is 0 Å². The van der Waals surface area contributed by atoms with Gasteiger partial charge in [-0.3, -0.25) is 24.5 Å². The molecular weight excluding hydrogens is 390 g/mol. The lowest BCUT2D eigenvalue weighted by atomic mass is 9.99. The molecule has 2 aliphatic rings. The zero-order valence-corrected chi connectivity index (χ0v) is 16.5. The van der Waals surface area contributed by atoms with Gasteiger partial charge < -0.3 is 14.5 Å². The number of ether oxygens (including phenoxy) is 1. The Morgan fingerprint density at radius 1 is 1.17 bits per heavy atom. The molecule has 2 aliphatic heterocycles. The highest BCUT2D eigenvalue weighted by molar-refractivity contribution is 6.08. The molecule has 0 fully saturated rings. The Morgan fingerprint density at radius 2 is 1.93 bits per heavy atom. The summed E-state index contributed by atoms with van der Waals surface area (Å²) >= 11 is 0. The summed E-state index contributed by atoms with van der Waals surface area (Å²) in [6.45, 7) is 1.46. The van der Waals surface area contributed by atoms with E-state index in [1.165, 1.54) is 28.0 Å². The lowest BCUT2D eigenvalue weighted by Gasteiger charge is -2.31. The number of hydrogen-bond donors (Lipinski definition) is 0. The van der Waals surface area contributed by atoms with Crippen LogP contribution < -0.4 is 14.5 Å².